The van der Waals surface area contributed by atoms with E-state index in [4.69, 9.17) is 10.5 Å². The van der Waals surface area contributed by atoms with Gasteiger partial charge < -0.3 is 10.5 Å². The van der Waals surface area contributed by atoms with Gasteiger partial charge in [0.05, 0.1) is 12.8 Å². The van der Waals surface area contributed by atoms with Crippen molar-refractivity contribution in [3.8, 4) is 5.88 Å². The molecule has 0 saturated heterocycles. The van der Waals surface area contributed by atoms with Gasteiger partial charge in [-0.05, 0) is 18.4 Å². The lowest BCUT2D eigenvalue weighted by molar-refractivity contribution is 0.214. The maximum absolute atomic E-state index is 5.58. The fraction of sp³-hybridized carbons (Fsp3) is 0.636. The summed E-state index contributed by atoms with van der Waals surface area (Å²) >= 11 is 0. The van der Waals surface area contributed by atoms with E-state index in [1.165, 1.54) is 19.3 Å². The molecular weight excluding hydrogens is 190 g/mol. The maximum atomic E-state index is 5.58. The lowest BCUT2D eigenvalue weighted by atomic mass is 9.83. The van der Waals surface area contributed by atoms with Gasteiger partial charge in [-0.1, -0.05) is 19.3 Å². The number of rotatable bonds is 5. The van der Waals surface area contributed by atoms with Gasteiger partial charge in [-0.2, -0.15) is 5.10 Å². The van der Waals surface area contributed by atoms with Crippen molar-refractivity contribution < 1.29 is 4.74 Å². The second-order valence-corrected chi connectivity index (χ2v) is 4.00. The van der Waals surface area contributed by atoms with Crippen molar-refractivity contribution in [1.29, 1.82) is 0 Å². The molecule has 0 atom stereocenters. The molecule has 0 amide bonds. The van der Waals surface area contributed by atoms with E-state index in [-0.39, 0.29) is 0 Å². The van der Waals surface area contributed by atoms with Gasteiger partial charge in [0.1, 0.15) is 0 Å². The van der Waals surface area contributed by atoms with Crippen LogP contribution in [0.2, 0.25) is 0 Å². The molecule has 1 heterocycles. The lowest BCUT2D eigenvalue weighted by Crippen LogP contribution is -2.15. The van der Waals surface area contributed by atoms with E-state index in [9.17, 15) is 0 Å². The van der Waals surface area contributed by atoms with Crippen molar-refractivity contribution >= 4 is 0 Å². The van der Waals surface area contributed by atoms with Crippen LogP contribution in [0.5, 0.6) is 5.88 Å². The number of ether oxygens (including phenoxy) is 1. The second kappa shape index (κ2) is 5.07. The summed E-state index contributed by atoms with van der Waals surface area (Å²) in [6.07, 6.45) is 6.85. The van der Waals surface area contributed by atoms with Gasteiger partial charge in [0, 0.05) is 12.1 Å². The fourth-order valence-electron chi connectivity index (χ4n) is 1.73. The summed E-state index contributed by atoms with van der Waals surface area (Å²) in [4.78, 5) is 0. The third kappa shape index (κ3) is 2.65. The van der Waals surface area contributed by atoms with Gasteiger partial charge in [-0.15, -0.1) is 5.10 Å². The molecule has 1 aliphatic rings. The molecule has 0 spiro atoms. The Hall–Kier alpha value is -1.16. The fourth-order valence-corrected chi connectivity index (χ4v) is 1.73. The highest BCUT2D eigenvalue weighted by atomic mass is 16.5. The molecule has 1 saturated carbocycles. The largest absolute Gasteiger partial charge is 0.476 e. The zero-order chi connectivity index (χ0) is 10.5. The van der Waals surface area contributed by atoms with Crippen molar-refractivity contribution in [3.63, 3.8) is 0 Å². The Labute approximate surface area is 89.8 Å². The minimum atomic E-state index is 0.453. The van der Waals surface area contributed by atoms with E-state index in [0.717, 1.165) is 24.5 Å². The summed E-state index contributed by atoms with van der Waals surface area (Å²) in [5, 5.41) is 7.73. The molecule has 4 nitrogen and oxygen atoms in total. The molecule has 0 bridgehead atoms. The summed E-state index contributed by atoms with van der Waals surface area (Å²) in [5.41, 5.74) is 6.50. The summed E-state index contributed by atoms with van der Waals surface area (Å²) in [5.74, 6) is 1.46. The van der Waals surface area contributed by atoms with Crippen molar-refractivity contribution in [2.75, 3.05) is 6.61 Å². The van der Waals surface area contributed by atoms with Crippen LogP contribution in [0.4, 0.5) is 0 Å². The van der Waals surface area contributed by atoms with Crippen LogP contribution < -0.4 is 10.5 Å². The van der Waals surface area contributed by atoms with E-state index in [1.807, 2.05) is 6.07 Å². The maximum Gasteiger partial charge on any atom is 0.237 e. The van der Waals surface area contributed by atoms with Gasteiger partial charge in [-0.25, -0.2) is 0 Å². The Morgan fingerprint density at radius 3 is 3.00 bits per heavy atom. The molecule has 0 unspecified atom stereocenters. The predicted molar refractivity (Wildman–Crippen MR) is 57.4 cm³/mol. The monoisotopic (exact) mass is 207 g/mol. The van der Waals surface area contributed by atoms with Gasteiger partial charge in [0.25, 0.3) is 0 Å². The molecule has 0 aliphatic heterocycles. The van der Waals surface area contributed by atoms with Crippen LogP contribution in [0.3, 0.4) is 0 Å². The lowest BCUT2D eigenvalue weighted by Gasteiger charge is -2.24. The van der Waals surface area contributed by atoms with Crippen molar-refractivity contribution in [3.05, 3.63) is 17.8 Å². The van der Waals surface area contributed by atoms with Crippen molar-refractivity contribution in [1.82, 2.24) is 10.2 Å². The molecule has 82 valence electrons. The minimum Gasteiger partial charge on any atom is -0.476 e. The Balaban J connectivity index is 1.81. The Bertz CT molecular complexity index is 312. The molecule has 0 radical (unpaired) electrons. The predicted octanol–water partition coefficient (Wildman–Crippen LogP) is 1.50. The zero-order valence-corrected chi connectivity index (χ0v) is 8.85. The molecule has 1 fully saturated rings. The molecule has 4 heteroatoms. The number of hydrogen-bond acceptors (Lipinski definition) is 4. The number of nitrogens with two attached hydrogens (primary N) is 1. The van der Waals surface area contributed by atoms with E-state index >= 15 is 0 Å². The van der Waals surface area contributed by atoms with Crippen LogP contribution in [0.25, 0.3) is 0 Å². The van der Waals surface area contributed by atoms with E-state index in [2.05, 4.69) is 10.2 Å². The standard InChI is InChI=1S/C11H17N3O/c12-8-10-4-6-13-14-11(10)15-7-5-9-2-1-3-9/h4,6,9H,1-3,5,7-8,12H2. The van der Waals surface area contributed by atoms with Gasteiger partial charge in [0.2, 0.25) is 5.88 Å². The first-order chi connectivity index (χ1) is 7.40. The smallest absolute Gasteiger partial charge is 0.237 e. The first-order valence-electron chi connectivity index (χ1n) is 5.53. The second-order valence-electron chi connectivity index (χ2n) is 4.00. The van der Waals surface area contributed by atoms with Gasteiger partial charge in [-0.3, -0.25) is 0 Å². The Morgan fingerprint density at radius 2 is 2.33 bits per heavy atom. The highest BCUT2D eigenvalue weighted by molar-refractivity contribution is 5.22. The number of hydrogen-bond donors (Lipinski definition) is 1. The van der Waals surface area contributed by atoms with Crippen LogP contribution in [0.15, 0.2) is 12.3 Å². The van der Waals surface area contributed by atoms with Crippen LogP contribution in [-0.2, 0) is 6.54 Å². The third-order valence-corrected chi connectivity index (χ3v) is 2.98. The van der Waals surface area contributed by atoms with Crippen LogP contribution in [0.1, 0.15) is 31.2 Å². The van der Waals surface area contributed by atoms with Crippen molar-refractivity contribution in [2.24, 2.45) is 11.7 Å². The molecule has 1 aromatic rings. The first-order valence-corrected chi connectivity index (χ1v) is 5.53. The third-order valence-electron chi connectivity index (χ3n) is 2.98. The van der Waals surface area contributed by atoms with Crippen LogP contribution in [0, 0.1) is 5.92 Å². The summed E-state index contributed by atoms with van der Waals surface area (Å²) in [6.45, 7) is 1.19. The van der Waals surface area contributed by atoms with E-state index in [1.54, 1.807) is 6.20 Å². The Morgan fingerprint density at radius 1 is 1.47 bits per heavy atom. The molecule has 1 aromatic heterocycles. The van der Waals surface area contributed by atoms with Crippen LogP contribution >= 0.6 is 0 Å². The average molecular weight is 207 g/mol. The van der Waals surface area contributed by atoms with Gasteiger partial charge in [0.15, 0.2) is 0 Å². The average Bonchev–Trinajstić information content (AvgIpc) is 2.22. The highest BCUT2D eigenvalue weighted by Gasteiger charge is 2.17. The van der Waals surface area contributed by atoms with Gasteiger partial charge >= 0.3 is 0 Å². The highest BCUT2D eigenvalue weighted by Crippen LogP contribution is 2.29. The minimum absolute atomic E-state index is 0.453. The number of nitrogens with zero attached hydrogens (tertiary/aromatic N) is 2. The molecule has 2 N–H and O–H groups in total. The molecular formula is C11H17N3O. The SMILES string of the molecule is NCc1ccnnc1OCCC1CCC1. The summed E-state index contributed by atoms with van der Waals surface area (Å²) in [6, 6.07) is 1.85. The summed E-state index contributed by atoms with van der Waals surface area (Å²) in [7, 11) is 0. The topological polar surface area (TPSA) is 61.0 Å². The molecule has 15 heavy (non-hydrogen) atoms. The number of aromatic nitrogens is 2. The molecule has 2 rings (SSSR count). The quantitative estimate of drug-likeness (QED) is 0.795. The molecule has 1 aliphatic carbocycles. The van der Waals surface area contributed by atoms with Crippen molar-refractivity contribution in [2.45, 2.75) is 32.2 Å². The van der Waals surface area contributed by atoms with E-state index < -0.39 is 0 Å². The van der Waals surface area contributed by atoms with Crippen LogP contribution in [-0.4, -0.2) is 16.8 Å². The normalized spacial score (nSPS) is 16.1. The molecule has 0 aromatic carbocycles. The first kappa shape index (κ1) is 10.4. The Kier molecular flexibility index (Phi) is 3.50. The van der Waals surface area contributed by atoms with E-state index in [0.29, 0.717) is 12.4 Å². The zero-order valence-electron chi connectivity index (χ0n) is 8.85. The summed E-state index contributed by atoms with van der Waals surface area (Å²) < 4.78 is 5.58.